The SMILES string of the molecule is CCn1c(-c2cccnc2[C@H](C)OC)c2c3cc(ccc31)-c1nc(no1)C[C@H](NC(=O)[C@H](C(C)C)N(C)C(=O)C1(F)CCN(C(=O)C#CC(C)(C)N(C)C)CC1)C(=O)N1CCC[C@H](N1)C(=O)OCC(C)(C)C2. The van der Waals surface area contributed by atoms with E-state index in [2.05, 4.69) is 39.2 Å². The van der Waals surface area contributed by atoms with Crippen molar-refractivity contribution >= 4 is 40.5 Å². The third-order valence-corrected chi connectivity index (χ3v) is 14.5. The third-order valence-electron chi connectivity index (χ3n) is 14.5. The number of halogens is 1. The molecule has 6 heterocycles. The first kappa shape index (κ1) is 53.6. The number of carbonyl (C=O) groups excluding carboxylic acids is 5. The van der Waals surface area contributed by atoms with Gasteiger partial charge in [0.2, 0.25) is 5.91 Å². The smallest absolute Gasteiger partial charge is 0.324 e. The number of alkyl halides is 1. The van der Waals surface area contributed by atoms with Gasteiger partial charge in [-0.05, 0) is 109 Å². The van der Waals surface area contributed by atoms with Gasteiger partial charge in [-0.3, -0.25) is 38.9 Å². The number of hydrogen-bond acceptors (Lipinski definition) is 13. The Labute approximate surface area is 421 Å². The summed E-state index contributed by atoms with van der Waals surface area (Å²) in [7, 11) is 6.74. The Morgan fingerprint density at radius 2 is 1.81 bits per heavy atom. The number of methoxy groups -OCH3 is 1. The van der Waals surface area contributed by atoms with Crippen LogP contribution in [0.2, 0.25) is 0 Å². The van der Waals surface area contributed by atoms with Gasteiger partial charge < -0.3 is 33.7 Å². The number of likely N-dealkylation sites (tertiary alicyclic amines) is 1. The van der Waals surface area contributed by atoms with Crippen molar-refractivity contribution in [3.8, 4) is 34.6 Å². The van der Waals surface area contributed by atoms with Gasteiger partial charge in [-0.15, -0.1) is 0 Å². The van der Waals surface area contributed by atoms with Crippen LogP contribution in [0.25, 0.3) is 33.6 Å². The second-order valence-corrected chi connectivity index (χ2v) is 21.2. The number of fused-ring (bicyclic) bond motifs is 6. The number of aromatic nitrogens is 4. The Balaban J connectivity index is 1.20. The zero-order valence-corrected chi connectivity index (χ0v) is 43.9. The topological polar surface area (TPSA) is 198 Å². The number of ether oxygens (including phenoxy) is 2. The summed E-state index contributed by atoms with van der Waals surface area (Å²) in [4.78, 5) is 84.2. The highest BCUT2D eigenvalue weighted by Gasteiger charge is 2.47. The first-order valence-corrected chi connectivity index (χ1v) is 25.0. The molecule has 3 aliphatic heterocycles. The first-order valence-electron chi connectivity index (χ1n) is 25.0. The lowest BCUT2D eigenvalue weighted by atomic mass is 9.84. The van der Waals surface area contributed by atoms with E-state index in [1.54, 1.807) is 27.2 Å². The Bertz CT molecular complexity index is 2750. The van der Waals surface area contributed by atoms with E-state index >= 15 is 4.39 Å². The monoisotopic (exact) mass is 995 g/mol. The van der Waals surface area contributed by atoms with Gasteiger partial charge >= 0.3 is 5.97 Å². The van der Waals surface area contributed by atoms with Gasteiger partial charge in [-0.25, -0.2) is 9.82 Å². The van der Waals surface area contributed by atoms with Crippen LogP contribution in [0.1, 0.15) is 104 Å². The molecule has 4 amide bonds. The molecule has 7 rings (SSSR count). The van der Waals surface area contributed by atoms with Crippen molar-refractivity contribution in [1.29, 1.82) is 0 Å². The molecule has 18 nitrogen and oxygen atoms in total. The average molecular weight is 995 g/mol. The van der Waals surface area contributed by atoms with E-state index < -0.39 is 70.3 Å². The van der Waals surface area contributed by atoms with Crippen LogP contribution in [0.15, 0.2) is 41.1 Å². The second-order valence-electron chi connectivity index (χ2n) is 21.2. The lowest BCUT2D eigenvalue weighted by molar-refractivity contribution is -0.156. The summed E-state index contributed by atoms with van der Waals surface area (Å²) < 4.78 is 36.7. The minimum Gasteiger partial charge on any atom is -0.464 e. The van der Waals surface area contributed by atoms with Gasteiger partial charge in [-0.1, -0.05) is 38.8 Å². The predicted octanol–water partition coefficient (Wildman–Crippen LogP) is 5.29. The zero-order chi connectivity index (χ0) is 52.4. The zero-order valence-electron chi connectivity index (χ0n) is 43.9. The van der Waals surface area contributed by atoms with E-state index in [9.17, 15) is 24.0 Å². The molecule has 388 valence electrons. The fourth-order valence-electron chi connectivity index (χ4n) is 9.76. The molecule has 0 spiro atoms. The van der Waals surface area contributed by atoms with Gasteiger partial charge in [0.1, 0.15) is 18.1 Å². The summed E-state index contributed by atoms with van der Waals surface area (Å²) in [6.07, 6.45) is 2.02. The molecule has 3 aliphatic rings. The van der Waals surface area contributed by atoms with Gasteiger partial charge in [0.05, 0.1) is 29.6 Å². The van der Waals surface area contributed by atoms with Crippen LogP contribution in [-0.2, 0) is 52.8 Å². The summed E-state index contributed by atoms with van der Waals surface area (Å²) in [5.74, 6) is 2.23. The molecule has 0 saturated carbocycles. The van der Waals surface area contributed by atoms with E-state index in [0.29, 0.717) is 31.4 Å². The van der Waals surface area contributed by atoms with Crippen molar-refractivity contribution < 1.29 is 42.4 Å². The van der Waals surface area contributed by atoms with Gasteiger partial charge in [0.25, 0.3) is 23.6 Å². The van der Waals surface area contributed by atoms with E-state index in [-0.39, 0.29) is 63.3 Å². The van der Waals surface area contributed by atoms with Crippen molar-refractivity contribution in [1.82, 2.24) is 50.1 Å². The standard InChI is InChI=1S/C53H71FN10O8/c1-13-63-40-19-18-34-28-36(40)37(45(63)35-16-14-24-55-43(35)33(4)70-12)30-51(5,6)31-71-49(68)38-17-15-25-64(58-38)48(67)39(29-41-57-47(34)72-59-41)56-46(66)44(32(2)3)61(11)50(69)53(54)22-26-62(27-23-53)42(65)20-21-52(7,8)60(9)10/h14,16,18-19,24,28,32-33,38-39,44,58H,13,15,17,22-23,25-27,29-31H2,1-12H3,(H,56,66)/t33-,38-,39-,44-/m0/s1. The maximum atomic E-state index is 16.7. The minimum absolute atomic E-state index is 0.0368. The van der Waals surface area contributed by atoms with Crippen molar-refractivity contribution in [2.75, 3.05) is 54.5 Å². The molecule has 6 bridgehead atoms. The largest absolute Gasteiger partial charge is 0.464 e. The van der Waals surface area contributed by atoms with Gasteiger partial charge in [0, 0.05) is 93.2 Å². The molecule has 0 radical (unpaired) electrons. The van der Waals surface area contributed by atoms with Crippen LogP contribution >= 0.6 is 0 Å². The summed E-state index contributed by atoms with van der Waals surface area (Å²) in [5, 5.41) is 9.38. The highest BCUT2D eigenvalue weighted by Crippen LogP contribution is 2.42. The van der Waals surface area contributed by atoms with E-state index in [1.807, 2.05) is 83.9 Å². The number of pyridine rings is 1. The van der Waals surface area contributed by atoms with Crippen LogP contribution in [0.4, 0.5) is 4.39 Å². The highest BCUT2D eigenvalue weighted by molar-refractivity contribution is 5.97. The Morgan fingerprint density at radius 3 is 2.47 bits per heavy atom. The lowest BCUT2D eigenvalue weighted by Gasteiger charge is -2.40. The normalized spacial score (nSPS) is 20.3. The molecular formula is C53H71FN10O8. The molecule has 2 saturated heterocycles. The van der Waals surface area contributed by atoms with Crippen molar-refractivity contribution in [2.24, 2.45) is 11.3 Å². The van der Waals surface area contributed by atoms with Crippen LogP contribution in [0, 0.1) is 23.2 Å². The molecule has 0 aliphatic carbocycles. The average Bonchev–Trinajstić information content (AvgIpc) is 3.95. The van der Waals surface area contributed by atoms with Crippen LogP contribution in [0.5, 0.6) is 0 Å². The number of nitrogens with one attached hydrogen (secondary N) is 2. The second kappa shape index (κ2) is 21.5. The number of benzene rings is 1. The molecule has 2 fully saturated rings. The van der Waals surface area contributed by atoms with E-state index in [1.165, 1.54) is 17.0 Å². The molecule has 3 aromatic heterocycles. The maximum absolute atomic E-state index is 16.7. The molecule has 4 aromatic rings. The molecule has 4 atom stereocenters. The molecule has 72 heavy (non-hydrogen) atoms. The van der Waals surface area contributed by atoms with Crippen molar-refractivity contribution in [3.63, 3.8) is 0 Å². The summed E-state index contributed by atoms with van der Waals surface area (Å²) >= 11 is 0. The summed E-state index contributed by atoms with van der Waals surface area (Å²) in [6.45, 7) is 16.2. The number of amides is 4. The van der Waals surface area contributed by atoms with Gasteiger partial charge in [-0.2, -0.15) is 4.98 Å². The summed E-state index contributed by atoms with van der Waals surface area (Å²) in [5.41, 5.74) is 4.81. The molecule has 0 unspecified atom stereocenters. The number of rotatable bonds is 10. The number of hydrogen-bond donors (Lipinski definition) is 2. The van der Waals surface area contributed by atoms with Crippen LogP contribution in [0.3, 0.4) is 0 Å². The van der Waals surface area contributed by atoms with Crippen LogP contribution < -0.4 is 10.7 Å². The van der Waals surface area contributed by atoms with Crippen molar-refractivity contribution in [2.45, 2.75) is 136 Å². The number of hydrazine groups is 1. The van der Waals surface area contributed by atoms with E-state index in [4.69, 9.17) is 24.0 Å². The number of piperidine rings is 1. The minimum atomic E-state index is -2.36. The number of nitrogens with zero attached hydrogens (tertiary/aromatic N) is 8. The third kappa shape index (κ3) is 11.2. The predicted molar refractivity (Wildman–Crippen MR) is 268 cm³/mol. The number of cyclic esters (lactones) is 1. The molecule has 1 aromatic carbocycles. The fraction of sp³-hybridized carbons (Fsp3) is 0.585. The number of carbonyl (C=O) groups is 5. The number of aryl methyl sites for hydroxylation is 1. The Hall–Kier alpha value is -6.23. The number of esters is 1. The highest BCUT2D eigenvalue weighted by atomic mass is 19.1. The summed E-state index contributed by atoms with van der Waals surface area (Å²) in [6, 6.07) is 6.46. The van der Waals surface area contributed by atoms with Gasteiger partial charge in [0.15, 0.2) is 11.5 Å². The Morgan fingerprint density at radius 1 is 1.08 bits per heavy atom. The molecule has 19 heteroatoms. The van der Waals surface area contributed by atoms with E-state index in [0.717, 1.165) is 38.3 Å². The maximum Gasteiger partial charge on any atom is 0.324 e. The van der Waals surface area contributed by atoms with Crippen LogP contribution in [-0.4, -0.2) is 153 Å². The quantitative estimate of drug-likeness (QED) is 0.154. The molecule has 2 N–H and O–H groups in total. The Kier molecular flexibility index (Phi) is 16.0. The molecular weight excluding hydrogens is 924 g/mol. The number of likely N-dealkylation sites (N-methyl/N-ethyl adjacent to an activating group) is 1. The lowest BCUT2D eigenvalue weighted by Crippen LogP contribution is -2.63. The fourth-order valence-corrected chi connectivity index (χ4v) is 9.76. The first-order chi connectivity index (χ1) is 34.0. The van der Waals surface area contributed by atoms with Crippen molar-refractivity contribution in [3.05, 3.63) is 53.6 Å².